The third kappa shape index (κ3) is 3.14. The molecular formula is C21H22N2O. The second-order valence-corrected chi connectivity index (χ2v) is 6.51. The minimum absolute atomic E-state index is 0.0265. The summed E-state index contributed by atoms with van der Waals surface area (Å²) in [5.41, 5.74) is 5.02. The van der Waals surface area contributed by atoms with Crippen molar-refractivity contribution >= 4 is 0 Å². The second-order valence-electron chi connectivity index (χ2n) is 6.51. The van der Waals surface area contributed by atoms with E-state index < -0.39 is 0 Å². The number of aromatic nitrogens is 1. The summed E-state index contributed by atoms with van der Waals surface area (Å²) in [4.78, 5) is 0. The van der Waals surface area contributed by atoms with Gasteiger partial charge in [-0.25, -0.2) is 0 Å². The lowest BCUT2D eigenvalue weighted by Gasteiger charge is -2.17. The molecule has 3 aromatic rings. The molecule has 0 fully saturated rings. The Kier molecular flexibility index (Phi) is 4.20. The number of nitrogens with zero attached hydrogens (tertiary/aromatic N) is 1. The summed E-state index contributed by atoms with van der Waals surface area (Å²) >= 11 is 0. The predicted octanol–water partition coefficient (Wildman–Crippen LogP) is 3.28. The van der Waals surface area contributed by atoms with Crippen LogP contribution in [-0.4, -0.2) is 15.8 Å². The topological polar surface area (TPSA) is 37.2 Å². The van der Waals surface area contributed by atoms with Crippen molar-refractivity contribution in [2.75, 3.05) is 0 Å². The van der Waals surface area contributed by atoms with Crippen LogP contribution in [0.25, 0.3) is 0 Å². The fourth-order valence-corrected chi connectivity index (χ4v) is 3.54. The van der Waals surface area contributed by atoms with Gasteiger partial charge in [0.05, 0.1) is 12.1 Å². The maximum atomic E-state index is 10.3. The molecule has 3 heteroatoms. The van der Waals surface area contributed by atoms with Gasteiger partial charge in [0.2, 0.25) is 0 Å². The molecule has 0 spiro atoms. The van der Waals surface area contributed by atoms with Gasteiger partial charge in [-0.05, 0) is 28.3 Å². The molecule has 3 nitrogen and oxygen atoms in total. The fraction of sp³-hybridized carbons (Fsp3) is 0.238. The van der Waals surface area contributed by atoms with Gasteiger partial charge in [0.1, 0.15) is 0 Å². The van der Waals surface area contributed by atoms with E-state index in [4.69, 9.17) is 0 Å². The zero-order valence-corrected chi connectivity index (χ0v) is 13.6. The first kappa shape index (κ1) is 15.2. The smallest absolute Gasteiger partial charge is 0.0775 e. The van der Waals surface area contributed by atoms with E-state index in [-0.39, 0.29) is 12.1 Å². The van der Waals surface area contributed by atoms with E-state index in [1.54, 1.807) is 0 Å². The number of aliphatic hydroxyl groups excluding tert-OH is 1. The first-order valence-electron chi connectivity index (χ1n) is 8.47. The Morgan fingerprint density at radius 1 is 0.958 bits per heavy atom. The van der Waals surface area contributed by atoms with E-state index >= 15 is 0 Å². The second kappa shape index (κ2) is 6.63. The summed E-state index contributed by atoms with van der Waals surface area (Å²) in [5.74, 6) is 0. The zero-order valence-electron chi connectivity index (χ0n) is 13.6. The fourth-order valence-electron chi connectivity index (χ4n) is 3.54. The molecule has 0 saturated carbocycles. The van der Waals surface area contributed by atoms with E-state index in [1.165, 1.54) is 22.3 Å². The third-order valence-electron chi connectivity index (χ3n) is 4.75. The first-order chi connectivity index (χ1) is 11.8. The maximum Gasteiger partial charge on any atom is 0.0775 e. The molecule has 0 unspecified atom stereocenters. The highest BCUT2D eigenvalue weighted by atomic mass is 16.3. The molecule has 122 valence electrons. The summed E-state index contributed by atoms with van der Waals surface area (Å²) in [7, 11) is 0. The van der Waals surface area contributed by atoms with Crippen LogP contribution in [-0.2, 0) is 19.5 Å². The van der Waals surface area contributed by atoms with E-state index in [9.17, 15) is 5.11 Å². The first-order valence-corrected chi connectivity index (χ1v) is 8.47. The summed E-state index contributed by atoms with van der Waals surface area (Å²) in [5, 5.41) is 13.8. The molecule has 0 saturated heterocycles. The Labute approximate surface area is 142 Å². The normalized spacial score (nSPS) is 19.4. The van der Waals surface area contributed by atoms with Crippen molar-refractivity contribution in [3.05, 3.63) is 95.3 Å². The maximum absolute atomic E-state index is 10.3. The van der Waals surface area contributed by atoms with Gasteiger partial charge in [-0.1, -0.05) is 54.6 Å². The Balaban J connectivity index is 1.40. The lowest BCUT2D eigenvalue weighted by Crippen LogP contribution is -2.28. The number of benzene rings is 2. The van der Waals surface area contributed by atoms with Gasteiger partial charge in [-0.3, -0.25) is 0 Å². The molecule has 1 aliphatic rings. The van der Waals surface area contributed by atoms with Crippen LogP contribution >= 0.6 is 0 Å². The van der Waals surface area contributed by atoms with Crippen molar-refractivity contribution in [2.45, 2.75) is 31.7 Å². The van der Waals surface area contributed by atoms with Crippen LogP contribution < -0.4 is 5.32 Å². The molecular weight excluding hydrogens is 296 g/mol. The molecule has 0 amide bonds. The van der Waals surface area contributed by atoms with Crippen LogP contribution in [0.5, 0.6) is 0 Å². The molecule has 2 N–H and O–H groups in total. The lowest BCUT2D eigenvalue weighted by molar-refractivity contribution is 0.140. The van der Waals surface area contributed by atoms with Crippen LogP contribution in [0.4, 0.5) is 0 Å². The molecule has 2 atom stereocenters. The Morgan fingerprint density at radius 3 is 2.62 bits per heavy atom. The van der Waals surface area contributed by atoms with Crippen molar-refractivity contribution in [3.63, 3.8) is 0 Å². The summed E-state index contributed by atoms with van der Waals surface area (Å²) < 4.78 is 2.20. The van der Waals surface area contributed by atoms with Gasteiger partial charge in [-0.2, -0.15) is 0 Å². The number of hydrogen-bond donors (Lipinski definition) is 2. The molecule has 0 aliphatic heterocycles. The minimum Gasteiger partial charge on any atom is -0.391 e. The molecule has 2 aromatic carbocycles. The van der Waals surface area contributed by atoms with Gasteiger partial charge >= 0.3 is 0 Å². The van der Waals surface area contributed by atoms with E-state index in [0.29, 0.717) is 0 Å². The van der Waals surface area contributed by atoms with Crippen LogP contribution in [0, 0.1) is 0 Å². The van der Waals surface area contributed by atoms with E-state index in [0.717, 1.165) is 19.5 Å². The van der Waals surface area contributed by atoms with Gasteiger partial charge in [0.25, 0.3) is 0 Å². The Bertz CT molecular complexity index is 809. The Morgan fingerprint density at radius 2 is 1.75 bits per heavy atom. The van der Waals surface area contributed by atoms with Crippen LogP contribution in [0.15, 0.2) is 73.1 Å². The minimum atomic E-state index is -0.339. The van der Waals surface area contributed by atoms with Crippen LogP contribution in [0.1, 0.15) is 28.3 Å². The molecule has 1 aliphatic carbocycles. The molecule has 1 aromatic heterocycles. The molecule has 0 radical (unpaired) electrons. The van der Waals surface area contributed by atoms with Crippen LogP contribution in [0.2, 0.25) is 0 Å². The van der Waals surface area contributed by atoms with Crippen molar-refractivity contribution in [3.8, 4) is 0 Å². The van der Waals surface area contributed by atoms with E-state index in [2.05, 4.69) is 64.7 Å². The van der Waals surface area contributed by atoms with Crippen LogP contribution in [0.3, 0.4) is 0 Å². The van der Waals surface area contributed by atoms with Crippen molar-refractivity contribution in [1.29, 1.82) is 0 Å². The average molecular weight is 318 g/mol. The number of fused-ring (bicyclic) bond motifs is 1. The number of rotatable bonds is 5. The number of hydrogen-bond acceptors (Lipinski definition) is 2. The number of nitrogens with one attached hydrogen (secondary N) is 1. The molecule has 1 heterocycles. The van der Waals surface area contributed by atoms with Gasteiger partial charge in [-0.15, -0.1) is 0 Å². The summed E-state index contributed by atoms with van der Waals surface area (Å²) in [6.45, 7) is 1.65. The highest BCUT2D eigenvalue weighted by Crippen LogP contribution is 2.31. The van der Waals surface area contributed by atoms with Crippen molar-refractivity contribution in [1.82, 2.24) is 9.88 Å². The van der Waals surface area contributed by atoms with Gasteiger partial charge < -0.3 is 15.0 Å². The SMILES string of the molecule is O[C@H]1Cc2ccccc2[C@H]1NCc1ccn(Cc2ccccc2)c1. The van der Waals surface area contributed by atoms with Crippen molar-refractivity contribution < 1.29 is 5.11 Å². The highest BCUT2D eigenvalue weighted by Gasteiger charge is 2.30. The van der Waals surface area contributed by atoms with Crippen molar-refractivity contribution in [2.24, 2.45) is 0 Å². The highest BCUT2D eigenvalue weighted by molar-refractivity contribution is 5.36. The largest absolute Gasteiger partial charge is 0.391 e. The third-order valence-corrected chi connectivity index (χ3v) is 4.75. The monoisotopic (exact) mass is 318 g/mol. The number of aliphatic hydroxyl groups is 1. The van der Waals surface area contributed by atoms with Gasteiger partial charge in [0, 0.05) is 31.9 Å². The molecule has 24 heavy (non-hydrogen) atoms. The lowest BCUT2D eigenvalue weighted by atomic mass is 10.1. The predicted molar refractivity (Wildman–Crippen MR) is 95.7 cm³/mol. The molecule has 4 rings (SSSR count). The summed E-state index contributed by atoms with van der Waals surface area (Å²) in [6.07, 6.45) is 4.69. The van der Waals surface area contributed by atoms with E-state index in [1.807, 2.05) is 18.2 Å². The summed E-state index contributed by atoms with van der Waals surface area (Å²) in [6, 6.07) is 20.9. The van der Waals surface area contributed by atoms with Gasteiger partial charge in [0.15, 0.2) is 0 Å². The standard InChI is InChI=1S/C21H22N2O/c24-20-12-18-8-4-5-9-19(18)21(20)22-13-17-10-11-23(15-17)14-16-6-2-1-3-7-16/h1-11,15,20-22,24H,12-14H2/t20-,21+/m0/s1. The quantitative estimate of drug-likeness (QED) is 0.757. The average Bonchev–Trinajstić information content (AvgIpc) is 3.17. The Hall–Kier alpha value is -2.36. The zero-order chi connectivity index (χ0) is 16.4. The molecule has 0 bridgehead atoms.